The van der Waals surface area contributed by atoms with Gasteiger partial charge in [0.25, 0.3) is 5.91 Å². The van der Waals surface area contributed by atoms with Crippen LogP contribution in [0.4, 0.5) is 5.82 Å². The van der Waals surface area contributed by atoms with Crippen molar-refractivity contribution in [3.8, 4) is 0 Å². The van der Waals surface area contributed by atoms with Gasteiger partial charge in [-0.05, 0) is 12.8 Å². The van der Waals surface area contributed by atoms with E-state index in [9.17, 15) is 9.59 Å². The second kappa shape index (κ2) is 5.01. The van der Waals surface area contributed by atoms with Crippen LogP contribution in [-0.4, -0.2) is 21.8 Å². The topological polar surface area (TPSA) is 75.2 Å². The Morgan fingerprint density at radius 3 is 2.65 bits per heavy atom. The van der Waals surface area contributed by atoms with Gasteiger partial charge in [-0.1, -0.05) is 30.9 Å². The number of hydrogen-bond acceptors (Lipinski definition) is 4. The van der Waals surface area contributed by atoms with Crippen molar-refractivity contribution in [2.24, 2.45) is 5.41 Å². The van der Waals surface area contributed by atoms with Gasteiger partial charge >= 0.3 is 0 Å². The highest BCUT2D eigenvalue weighted by Crippen LogP contribution is 2.43. The van der Waals surface area contributed by atoms with Crippen LogP contribution >= 0.6 is 11.6 Å². The average Bonchev–Trinajstić information content (AvgIpc) is 2.44. The van der Waals surface area contributed by atoms with Crippen LogP contribution in [-0.2, 0) is 9.59 Å². The Bertz CT molecular complexity index is 557. The first-order valence-corrected chi connectivity index (χ1v) is 7.10. The van der Waals surface area contributed by atoms with Gasteiger partial charge < -0.3 is 0 Å². The molecular formula is C13H15ClN4O2. The molecular weight excluding hydrogens is 280 g/mol. The van der Waals surface area contributed by atoms with E-state index >= 15 is 0 Å². The van der Waals surface area contributed by atoms with E-state index in [4.69, 9.17) is 11.6 Å². The Morgan fingerprint density at radius 1 is 1.20 bits per heavy atom. The molecule has 6 nitrogen and oxygen atoms in total. The molecule has 0 unspecified atom stereocenters. The summed E-state index contributed by atoms with van der Waals surface area (Å²) in [4.78, 5) is 32.7. The summed E-state index contributed by atoms with van der Waals surface area (Å²) in [5.74, 6) is 0.00198. The minimum atomic E-state index is -0.579. The van der Waals surface area contributed by atoms with Gasteiger partial charge in [0.1, 0.15) is 5.15 Å². The third kappa shape index (κ3) is 2.24. The normalized spacial score (nSPS) is 21.9. The molecule has 1 spiro atoms. The summed E-state index contributed by atoms with van der Waals surface area (Å²) in [5.41, 5.74) is 1.99. The molecule has 2 aliphatic rings. The van der Waals surface area contributed by atoms with E-state index in [2.05, 4.69) is 15.4 Å². The van der Waals surface area contributed by atoms with E-state index < -0.39 is 5.41 Å². The number of rotatable bonds is 1. The monoisotopic (exact) mass is 294 g/mol. The van der Waals surface area contributed by atoms with Gasteiger partial charge in [0.15, 0.2) is 5.82 Å². The maximum Gasteiger partial charge on any atom is 0.253 e. The fraction of sp³-hybridized carbons (Fsp3) is 0.538. The van der Waals surface area contributed by atoms with Gasteiger partial charge in [-0.2, -0.15) is 0 Å². The smallest absolute Gasteiger partial charge is 0.253 e. The zero-order chi connectivity index (χ0) is 14.2. The van der Waals surface area contributed by atoms with Crippen molar-refractivity contribution < 1.29 is 9.59 Å². The minimum absolute atomic E-state index is 0.103. The fourth-order valence-electron chi connectivity index (χ4n) is 3.06. The summed E-state index contributed by atoms with van der Waals surface area (Å²) >= 11 is 5.80. The largest absolute Gasteiger partial charge is 0.273 e. The van der Waals surface area contributed by atoms with Crippen molar-refractivity contribution in [2.75, 3.05) is 5.01 Å². The predicted molar refractivity (Wildman–Crippen MR) is 72.8 cm³/mol. The van der Waals surface area contributed by atoms with Crippen molar-refractivity contribution in [2.45, 2.75) is 38.5 Å². The summed E-state index contributed by atoms with van der Waals surface area (Å²) in [6.45, 7) is 0. The van der Waals surface area contributed by atoms with Gasteiger partial charge in [0, 0.05) is 6.42 Å². The molecule has 1 saturated heterocycles. The van der Waals surface area contributed by atoms with Gasteiger partial charge in [0.2, 0.25) is 5.91 Å². The lowest BCUT2D eigenvalue weighted by Gasteiger charge is -2.42. The number of amides is 2. The second-order valence-electron chi connectivity index (χ2n) is 5.39. The zero-order valence-electron chi connectivity index (χ0n) is 10.9. The maximum atomic E-state index is 12.8. The lowest BCUT2D eigenvalue weighted by molar-refractivity contribution is -0.143. The van der Waals surface area contributed by atoms with E-state index in [0.29, 0.717) is 0 Å². The lowest BCUT2D eigenvalue weighted by Crippen LogP contribution is -2.60. The number of aromatic nitrogens is 2. The second-order valence-corrected chi connectivity index (χ2v) is 5.78. The van der Waals surface area contributed by atoms with Crippen LogP contribution in [0.25, 0.3) is 0 Å². The van der Waals surface area contributed by atoms with E-state index in [1.165, 1.54) is 17.4 Å². The Hall–Kier alpha value is -1.69. The molecule has 1 aliphatic carbocycles. The van der Waals surface area contributed by atoms with E-state index in [1.54, 1.807) is 0 Å². The molecule has 2 fully saturated rings. The molecule has 20 heavy (non-hydrogen) atoms. The molecule has 0 aromatic carbocycles. The maximum absolute atomic E-state index is 12.8. The first kappa shape index (κ1) is 13.3. The van der Waals surface area contributed by atoms with Crippen molar-refractivity contribution in [3.05, 3.63) is 17.5 Å². The number of nitrogens with zero attached hydrogens (tertiary/aromatic N) is 3. The molecule has 3 rings (SSSR count). The lowest BCUT2D eigenvalue weighted by atomic mass is 9.70. The molecule has 1 aliphatic heterocycles. The van der Waals surface area contributed by atoms with Crippen LogP contribution < -0.4 is 10.4 Å². The molecule has 1 aromatic rings. The van der Waals surface area contributed by atoms with Crippen molar-refractivity contribution in [3.63, 3.8) is 0 Å². The van der Waals surface area contributed by atoms with Crippen molar-refractivity contribution in [1.29, 1.82) is 0 Å². The Labute approximate surface area is 121 Å². The molecule has 1 N–H and O–H groups in total. The molecule has 0 bridgehead atoms. The van der Waals surface area contributed by atoms with Crippen LogP contribution in [0.3, 0.4) is 0 Å². The zero-order valence-corrected chi connectivity index (χ0v) is 11.7. The van der Waals surface area contributed by atoms with Gasteiger partial charge in [-0.15, -0.1) is 0 Å². The molecule has 0 radical (unpaired) electrons. The minimum Gasteiger partial charge on any atom is -0.273 e. The molecule has 2 amide bonds. The Morgan fingerprint density at radius 2 is 1.95 bits per heavy atom. The third-order valence-corrected chi connectivity index (χ3v) is 4.21. The highest BCUT2D eigenvalue weighted by atomic mass is 35.5. The van der Waals surface area contributed by atoms with Crippen LogP contribution in [0.15, 0.2) is 12.4 Å². The number of carbonyl (C=O) groups excluding carboxylic acids is 2. The molecule has 106 valence electrons. The standard InChI is InChI=1S/C13H15ClN4O2/c14-9-7-15-8-10(16-9)18-12(20)13(6-11(19)17-18)4-2-1-3-5-13/h7-8H,1-6H2,(H,17,19). The number of nitrogens with one attached hydrogen (secondary N) is 1. The van der Waals surface area contributed by atoms with Crippen molar-refractivity contribution in [1.82, 2.24) is 15.4 Å². The summed E-state index contributed by atoms with van der Waals surface area (Å²) in [5, 5.41) is 1.39. The first-order chi connectivity index (χ1) is 9.61. The molecule has 1 aromatic heterocycles. The summed E-state index contributed by atoms with van der Waals surface area (Å²) < 4.78 is 0. The summed E-state index contributed by atoms with van der Waals surface area (Å²) in [7, 11) is 0. The number of hydrazine groups is 1. The first-order valence-electron chi connectivity index (χ1n) is 6.72. The SMILES string of the molecule is O=C1CC2(CCCCC2)C(=O)N(c2cncc(Cl)n2)N1. The number of halogens is 1. The summed E-state index contributed by atoms with van der Waals surface area (Å²) in [6, 6.07) is 0. The van der Waals surface area contributed by atoms with Crippen LogP contribution in [0.5, 0.6) is 0 Å². The van der Waals surface area contributed by atoms with Gasteiger partial charge in [-0.25, -0.2) is 9.99 Å². The van der Waals surface area contributed by atoms with Crippen LogP contribution in [0.1, 0.15) is 38.5 Å². The van der Waals surface area contributed by atoms with E-state index in [1.807, 2.05) is 0 Å². The molecule has 2 heterocycles. The van der Waals surface area contributed by atoms with E-state index in [-0.39, 0.29) is 29.2 Å². The quantitative estimate of drug-likeness (QED) is 0.857. The summed E-state index contributed by atoms with van der Waals surface area (Å²) in [6.07, 6.45) is 7.66. The molecule has 7 heteroatoms. The van der Waals surface area contributed by atoms with Crippen LogP contribution in [0, 0.1) is 5.41 Å². The van der Waals surface area contributed by atoms with E-state index in [0.717, 1.165) is 32.1 Å². The highest BCUT2D eigenvalue weighted by molar-refractivity contribution is 6.29. The Balaban J connectivity index is 1.95. The number of carbonyl (C=O) groups is 2. The highest BCUT2D eigenvalue weighted by Gasteiger charge is 2.48. The van der Waals surface area contributed by atoms with Gasteiger partial charge in [0.05, 0.1) is 17.8 Å². The number of anilines is 1. The fourth-order valence-corrected chi connectivity index (χ4v) is 3.20. The van der Waals surface area contributed by atoms with Gasteiger partial charge in [-0.3, -0.25) is 20.0 Å². The molecule has 0 atom stereocenters. The van der Waals surface area contributed by atoms with Crippen LogP contribution in [0.2, 0.25) is 5.15 Å². The average molecular weight is 295 g/mol. The molecule has 1 saturated carbocycles. The predicted octanol–water partition coefficient (Wildman–Crippen LogP) is 1.85. The third-order valence-electron chi connectivity index (χ3n) is 4.02. The Kier molecular flexibility index (Phi) is 3.33. The number of hydrogen-bond donors (Lipinski definition) is 1. The van der Waals surface area contributed by atoms with Crippen molar-refractivity contribution >= 4 is 29.2 Å².